The Bertz CT molecular complexity index is 2730. The number of anilines is 6. The molecule has 10 rings (SSSR count). The quantitative estimate of drug-likeness (QED) is 0.127. The molecule has 0 radical (unpaired) electrons. The number of piperidine rings is 1. The van der Waals surface area contributed by atoms with Crippen LogP contribution in [0.3, 0.4) is 0 Å². The molecule has 350 valence electrons. The fourth-order valence-corrected chi connectivity index (χ4v) is 10.7. The Morgan fingerprint density at radius 2 is 1.82 bits per heavy atom. The minimum atomic E-state index is -0.371. The van der Waals surface area contributed by atoms with Crippen molar-refractivity contribution < 1.29 is 28.9 Å². The molecule has 1 aliphatic carbocycles. The van der Waals surface area contributed by atoms with Crippen LogP contribution in [-0.4, -0.2) is 117 Å². The van der Waals surface area contributed by atoms with Crippen LogP contribution in [0, 0.1) is 5.41 Å². The third-order valence-electron chi connectivity index (χ3n) is 13.9. The number of ether oxygens (including phenoxy) is 3. The minimum Gasteiger partial charge on any atom is -0.482 e. The van der Waals surface area contributed by atoms with E-state index >= 15 is 0 Å². The van der Waals surface area contributed by atoms with Gasteiger partial charge in [0.05, 0.1) is 42.7 Å². The number of hydrogen-bond donors (Lipinski definition) is 3. The number of nitrogens with one attached hydrogen (secondary N) is 2. The number of rotatable bonds is 11. The van der Waals surface area contributed by atoms with Gasteiger partial charge in [-0.1, -0.05) is 20.4 Å². The van der Waals surface area contributed by atoms with E-state index in [9.17, 15) is 14.7 Å². The molecule has 0 bridgehead atoms. The Kier molecular flexibility index (Phi) is 11.7. The zero-order valence-corrected chi connectivity index (χ0v) is 38.9. The van der Waals surface area contributed by atoms with Crippen molar-refractivity contribution in [3.63, 3.8) is 0 Å². The molecule has 2 atom stereocenters. The summed E-state index contributed by atoms with van der Waals surface area (Å²) < 4.78 is 19.8. The molecule has 17 heteroatoms. The van der Waals surface area contributed by atoms with Gasteiger partial charge in [0.15, 0.2) is 5.82 Å². The van der Waals surface area contributed by atoms with Crippen LogP contribution in [0.1, 0.15) is 67.8 Å². The van der Waals surface area contributed by atoms with Gasteiger partial charge in [0, 0.05) is 92.8 Å². The number of hydrogen-bond acceptors (Lipinski definition) is 14. The molecule has 67 heavy (non-hydrogen) atoms. The molecule has 4 aromatic heterocycles. The number of amides is 2. The van der Waals surface area contributed by atoms with Gasteiger partial charge in [0.1, 0.15) is 24.2 Å². The van der Waals surface area contributed by atoms with E-state index in [1.54, 1.807) is 29.6 Å². The molecule has 1 aromatic carbocycles. The highest BCUT2D eigenvalue weighted by Gasteiger charge is 2.38. The molecular weight excluding hydrogens is 851 g/mol. The van der Waals surface area contributed by atoms with Crippen molar-refractivity contribution in [2.24, 2.45) is 5.41 Å². The van der Waals surface area contributed by atoms with E-state index in [0.29, 0.717) is 77.1 Å². The summed E-state index contributed by atoms with van der Waals surface area (Å²) in [5, 5.41) is 17.3. The molecule has 0 unspecified atom stereocenters. The standard InChI is InChI=1S/C50H59N11O6/c1-7-43(63)55-37-23-33(8-9-39(37)59-19-18-58(27-30(59)2)34-12-16-57(17-13-34)40-11-15-52-47-44(40)66-29-31(3)67-47)54-45-48(65-6)53-26-38(56-45)35-10-14-51-46(36(35)28-62)61-21-20-60-41(49(61)64)22-32-24-50(4,5)25-42(32)60/h7-11,14-15,22-23,26,30-31,34,62H,1,12-13,16-21,24-25,27-29H2,2-6H3,(H,54,56)(H,55,63)/t30-,31+/m0/s1. The number of nitrogens with zero attached hydrogens (tertiary/aromatic N) is 9. The largest absolute Gasteiger partial charge is 0.482 e. The second-order valence-electron chi connectivity index (χ2n) is 19.1. The summed E-state index contributed by atoms with van der Waals surface area (Å²) >= 11 is 0. The maximum Gasteiger partial charge on any atom is 0.276 e. The fourth-order valence-electron chi connectivity index (χ4n) is 10.7. The summed E-state index contributed by atoms with van der Waals surface area (Å²) in [7, 11) is 1.52. The van der Waals surface area contributed by atoms with Crippen molar-refractivity contribution in [2.45, 2.75) is 84.7 Å². The number of piperazine rings is 1. The van der Waals surface area contributed by atoms with Crippen LogP contribution < -0.4 is 39.5 Å². The highest BCUT2D eigenvalue weighted by molar-refractivity contribution is 6.06. The number of carbonyl (C=O) groups is 2. The Hall–Kier alpha value is -6.72. The summed E-state index contributed by atoms with van der Waals surface area (Å²) in [6.07, 6.45) is 10.2. The Labute approximate surface area is 390 Å². The molecule has 2 amide bonds. The molecule has 3 N–H and O–H groups in total. The van der Waals surface area contributed by atoms with Gasteiger partial charge in [-0.2, -0.15) is 0 Å². The van der Waals surface area contributed by atoms with E-state index in [-0.39, 0.29) is 41.9 Å². The van der Waals surface area contributed by atoms with E-state index in [4.69, 9.17) is 19.2 Å². The predicted molar refractivity (Wildman–Crippen MR) is 257 cm³/mol. The van der Waals surface area contributed by atoms with E-state index < -0.39 is 0 Å². The summed E-state index contributed by atoms with van der Waals surface area (Å²) in [5.41, 5.74) is 8.03. The molecule has 17 nitrogen and oxygen atoms in total. The smallest absolute Gasteiger partial charge is 0.276 e. The fraction of sp³-hybridized carbons (Fsp3) is 0.440. The van der Waals surface area contributed by atoms with Crippen molar-refractivity contribution >= 4 is 46.2 Å². The average Bonchev–Trinajstić information content (AvgIpc) is 3.83. The van der Waals surface area contributed by atoms with Gasteiger partial charge in [-0.3, -0.25) is 19.4 Å². The Balaban J connectivity index is 0.850. The van der Waals surface area contributed by atoms with Crippen LogP contribution >= 0.6 is 0 Å². The zero-order chi connectivity index (χ0) is 46.6. The van der Waals surface area contributed by atoms with Crippen molar-refractivity contribution in [3.05, 3.63) is 90.2 Å². The first kappa shape index (κ1) is 44.1. The second kappa shape index (κ2) is 17.8. The minimum absolute atomic E-state index is 0.0202. The molecular formula is C50H59N11O6. The first-order valence-corrected chi connectivity index (χ1v) is 23.3. The van der Waals surface area contributed by atoms with Gasteiger partial charge in [-0.05, 0) is 93.0 Å². The van der Waals surface area contributed by atoms with Crippen LogP contribution in [0.5, 0.6) is 17.5 Å². The zero-order valence-electron chi connectivity index (χ0n) is 38.9. The van der Waals surface area contributed by atoms with Crippen molar-refractivity contribution in [1.82, 2.24) is 29.4 Å². The van der Waals surface area contributed by atoms with Crippen molar-refractivity contribution in [2.75, 3.05) is 78.3 Å². The van der Waals surface area contributed by atoms with Gasteiger partial charge in [-0.25, -0.2) is 19.9 Å². The molecule has 5 aliphatic rings. The summed E-state index contributed by atoms with van der Waals surface area (Å²) in [6.45, 7) is 18.0. The summed E-state index contributed by atoms with van der Waals surface area (Å²) in [5.74, 6) is 1.82. The Morgan fingerprint density at radius 1 is 1.00 bits per heavy atom. The van der Waals surface area contributed by atoms with Crippen molar-refractivity contribution in [1.29, 1.82) is 0 Å². The van der Waals surface area contributed by atoms with Gasteiger partial charge < -0.3 is 44.3 Å². The average molecular weight is 910 g/mol. The number of carbonyl (C=O) groups excluding carboxylic acids is 2. The number of benzene rings is 1. The first-order chi connectivity index (χ1) is 32.4. The predicted octanol–water partition coefficient (Wildman–Crippen LogP) is 6.23. The number of aliphatic hydroxyl groups is 1. The van der Waals surface area contributed by atoms with Crippen LogP contribution in [0.4, 0.5) is 34.4 Å². The van der Waals surface area contributed by atoms with Crippen LogP contribution in [0.15, 0.2) is 67.6 Å². The second-order valence-corrected chi connectivity index (χ2v) is 19.1. The van der Waals surface area contributed by atoms with Crippen LogP contribution in [0.25, 0.3) is 11.3 Å². The third kappa shape index (κ3) is 8.39. The van der Waals surface area contributed by atoms with E-state index in [0.717, 1.165) is 75.5 Å². The first-order valence-electron chi connectivity index (χ1n) is 23.3. The Morgan fingerprint density at radius 3 is 2.60 bits per heavy atom. The molecule has 4 aliphatic heterocycles. The number of fused-ring (bicyclic) bond motifs is 4. The van der Waals surface area contributed by atoms with Gasteiger partial charge in [0.2, 0.25) is 11.7 Å². The van der Waals surface area contributed by atoms with Gasteiger partial charge in [0.25, 0.3) is 17.7 Å². The van der Waals surface area contributed by atoms with Gasteiger partial charge >= 0.3 is 0 Å². The van der Waals surface area contributed by atoms with E-state index in [1.807, 2.05) is 37.3 Å². The van der Waals surface area contributed by atoms with Crippen molar-refractivity contribution in [3.8, 4) is 28.8 Å². The highest BCUT2D eigenvalue weighted by atomic mass is 16.6. The van der Waals surface area contributed by atoms with Crippen LogP contribution in [0.2, 0.25) is 0 Å². The van der Waals surface area contributed by atoms with Crippen LogP contribution in [-0.2, 0) is 30.8 Å². The van der Waals surface area contributed by atoms with Gasteiger partial charge in [-0.15, -0.1) is 0 Å². The molecule has 5 aromatic rings. The van der Waals surface area contributed by atoms with E-state index in [2.05, 4.69) is 72.2 Å². The number of pyridine rings is 2. The lowest BCUT2D eigenvalue weighted by atomic mass is 9.90. The lowest BCUT2D eigenvalue weighted by Gasteiger charge is -2.47. The highest BCUT2D eigenvalue weighted by Crippen LogP contribution is 2.43. The molecule has 2 saturated heterocycles. The molecule has 0 saturated carbocycles. The maximum atomic E-state index is 14.1. The SMILES string of the molecule is C=CC(=O)Nc1cc(Nc2nc(-c3ccnc(N4CCn5c(cc6c5CC(C)(C)C6)C4=O)c3CO)cnc2OC)ccc1N1CCN(C2CCN(c3ccnc4c3OC[C@@H](C)O4)CC2)C[C@@H]1C. The third-order valence-corrected chi connectivity index (χ3v) is 13.9. The summed E-state index contributed by atoms with van der Waals surface area (Å²) in [4.78, 5) is 54.6. The molecule has 0 spiro atoms. The molecule has 2 fully saturated rings. The monoisotopic (exact) mass is 909 g/mol. The number of aliphatic hydroxyl groups excluding tert-OH is 1. The maximum absolute atomic E-state index is 14.1. The lowest BCUT2D eigenvalue weighted by molar-refractivity contribution is -0.111. The number of aromatic nitrogens is 5. The number of methoxy groups -OCH3 is 1. The van der Waals surface area contributed by atoms with E-state index in [1.165, 1.54) is 24.4 Å². The normalized spacial score (nSPS) is 20.3. The lowest BCUT2D eigenvalue weighted by Crippen LogP contribution is -2.57. The topological polar surface area (TPSA) is 176 Å². The summed E-state index contributed by atoms with van der Waals surface area (Å²) in [6, 6.07) is 12.3. The molecule has 8 heterocycles.